The van der Waals surface area contributed by atoms with E-state index in [9.17, 15) is 18.0 Å². The van der Waals surface area contributed by atoms with Crippen molar-refractivity contribution in [2.75, 3.05) is 26.2 Å². The smallest absolute Gasteiger partial charge is 0.396 e. The number of halogens is 3. The molecule has 1 aliphatic rings. The van der Waals surface area contributed by atoms with Gasteiger partial charge in [0.1, 0.15) is 6.54 Å². The molecule has 1 rings (SSSR count). The number of nitrogens with one attached hydrogen (secondary N) is 2. The molecule has 18 heavy (non-hydrogen) atoms. The monoisotopic (exact) mass is 268 g/mol. The SMILES string of the molecule is O=C(CNCC1CCCC1CO)NCC(F)(F)F. The van der Waals surface area contributed by atoms with Gasteiger partial charge >= 0.3 is 6.18 Å². The lowest BCUT2D eigenvalue weighted by atomic mass is 9.97. The third kappa shape index (κ3) is 5.68. The predicted molar refractivity (Wildman–Crippen MR) is 59.9 cm³/mol. The van der Waals surface area contributed by atoms with Crippen LogP contribution in [-0.2, 0) is 4.79 Å². The molecule has 0 aliphatic heterocycles. The second-order valence-corrected chi connectivity index (χ2v) is 4.66. The van der Waals surface area contributed by atoms with E-state index in [-0.39, 0.29) is 19.1 Å². The zero-order chi connectivity index (χ0) is 13.6. The average molecular weight is 268 g/mol. The highest BCUT2D eigenvalue weighted by Crippen LogP contribution is 2.30. The number of hydrogen-bond acceptors (Lipinski definition) is 3. The molecular weight excluding hydrogens is 249 g/mol. The first-order chi connectivity index (χ1) is 8.42. The van der Waals surface area contributed by atoms with Gasteiger partial charge in [0.25, 0.3) is 0 Å². The molecule has 4 nitrogen and oxygen atoms in total. The van der Waals surface area contributed by atoms with E-state index in [1.807, 2.05) is 0 Å². The quantitative estimate of drug-likeness (QED) is 0.663. The lowest BCUT2D eigenvalue weighted by Crippen LogP contribution is -2.40. The Kier molecular flexibility index (Phi) is 5.87. The maximum Gasteiger partial charge on any atom is 0.405 e. The molecule has 2 atom stereocenters. The minimum atomic E-state index is -4.37. The molecule has 1 aliphatic carbocycles. The number of rotatable bonds is 6. The number of aliphatic hydroxyl groups is 1. The third-order valence-corrected chi connectivity index (χ3v) is 3.23. The standard InChI is InChI=1S/C11H19F3N2O2/c12-11(13,14)7-16-10(18)5-15-4-8-2-1-3-9(8)6-17/h8-9,15,17H,1-7H2,(H,16,18). The van der Waals surface area contributed by atoms with Crippen molar-refractivity contribution in [3.05, 3.63) is 0 Å². The van der Waals surface area contributed by atoms with Crippen LogP contribution in [0.1, 0.15) is 19.3 Å². The Morgan fingerprint density at radius 3 is 2.56 bits per heavy atom. The van der Waals surface area contributed by atoms with E-state index in [1.165, 1.54) is 0 Å². The molecule has 106 valence electrons. The van der Waals surface area contributed by atoms with Crippen LogP contribution in [0, 0.1) is 11.8 Å². The van der Waals surface area contributed by atoms with Crippen LogP contribution in [0.15, 0.2) is 0 Å². The molecule has 0 aromatic carbocycles. The Balaban J connectivity index is 2.12. The van der Waals surface area contributed by atoms with Gasteiger partial charge in [0, 0.05) is 6.61 Å². The van der Waals surface area contributed by atoms with Crippen molar-refractivity contribution in [2.24, 2.45) is 11.8 Å². The summed E-state index contributed by atoms with van der Waals surface area (Å²) in [6, 6.07) is 0. The highest BCUT2D eigenvalue weighted by atomic mass is 19.4. The molecule has 0 saturated heterocycles. The minimum Gasteiger partial charge on any atom is -0.396 e. The molecule has 0 aromatic rings. The van der Waals surface area contributed by atoms with Crippen molar-refractivity contribution in [3.63, 3.8) is 0 Å². The molecule has 1 fully saturated rings. The van der Waals surface area contributed by atoms with Gasteiger partial charge in [-0.15, -0.1) is 0 Å². The molecule has 0 aromatic heterocycles. The van der Waals surface area contributed by atoms with Gasteiger partial charge in [0.2, 0.25) is 5.91 Å². The number of alkyl halides is 3. The van der Waals surface area contributed by atoms with Gasteiger partial charge in [-0.3, -0.25) is 4.79 Å². The zero-order valence-electron chi connectivity index (χ0n) is 10.1. The first kappa shape index (κ1) is 15.2. The number of carbonyl (C=O) groups is 1. The zero-order valence-corrected chi connectivity index (χ0v) is 10.1. The molecule has 0 bridgehead atoms. The van der Waals surface area contributed by atoms with E-state index in [1.54, 1.807) is 5.32 Å². The summed E-state index contributed by atoms with van der Waals surface area (Å²) >= 11 is 0. The van der Waals surface area contributed by atoms with Crippen molar-refractivity contribution in [3.8, 4) is 0 Å². The van der Waals surface area contributed by atoms with Crippen LogP contribution in [-0.4, -0.2) is 43.4 Å². The summed E-state index contributed by atoms with van der Waals surface area (Å²) < 4.78 is 35.5. The lowest BCUT2D eigenvalue weighted by molar-refractivity contribution is -0.137. The largest absolute Gasteiger partial charge is 0.405 e. The Hall–Kier alpha value is -0.820. The maximum atomic E-state index is 11.8. The second kappa shape index (κ2) is 6.94. The van der Waals surface area contributed by atoms with E-state index in [4.69, 9.17) is 5.11 Å². The summed E-state index contributed by atoms with van der Waals surface area (Å²) in [5.74, 6) is -0.105. The summed E-state index contributed by atoms with van der Waals surface area (Å²) in [6.45, 7) is -0.724. The molecule has 3 N–H and O–H groups in total. The second-order valence-electron chi connectivity index (χ2n) is 4.66. The van der Waals surface area contributed by atoms with Crippen LogP contribution in [0.3, 0.4) is 0 Å². The van der Waals surface area contributed by atoms with Crippen molar-refractivity contribution >= 4 is 5.91 Å². The van der Waals surface area contributed by atoms with Crippen LogP contribution < -0.4 is 10.6 Å². The van der Waals surface area contributed by atoms with Crippen LogP contribution in [0.2, 0.25) is 0 Å². The van der Waals surface area contributed by atoms with Crippen LogP contribution >= 0.6 is 0 Å². The van der Waals surface area contributed by atoms with Crippen molar-refractivity contribution < 1.29 is 23.1 Å². The Bertz CT molecular complexity index is 272. The third-order valence-electron chi connectivity index (χ3n) is 3.23. The number of amides is 1. The molecule has 1 amide bonds. The summed E-state index contributed by atoms with van der Waals surface area (Å²) in [5.41, 5.74) is 0. The fraction of sp³-hybridized carbons (Fsp3) is 0.909. The molecule has 1 saturated carbocycles. The van der Waals surface area contributed by atoms with Crippen molar-refractivity contribution in [1.82, 2.24) is 10.6 Å². The Morgan fingerprint density at radius 1 is 1.28 bits per heavy atom. The molecule has 2 unspecified atom stereocenters. The first-order valence-corrected chi connectivity index (χ1v) is 6.07. The van der Waals surface area contributed by atoms with Gasteiger partial charge in [0.05, 0.1) is 6.54 Å². The van der Waals surface area contributed by atoms with Gasteiger partial charge in [-0.1, -0.05) is 6.42 Å². The van der Waals surface area contributed by atoms with Gasteiger partial charge in [-0.05, 0) is 31.2 Å². The number of aliphatic hydroxyl groups excluding tert-OH is 1. The van der Waals surface area contributed by atoms with Crippen molar-refractivity contribution in [1.29, 1.82) is 0 Å². The summed E-state index contributed by atoms with van der Waals surface area (Å²) in [6.07, 6.45) is -1.35. The number of carbonyl (C=O) groups excluding carboxylic acids is 1. The minimum absolute atomic E-state index is 0.120. The van der Waals surface area contributed by atoms with Crippen LogP contribution in [0.25, 0.3) is 0 Å². The highest BCUT2D eigenvalue weighted by Gasteiger charge is 2.28. The lowest BCUT2D eigenvalue weighted by Gasteiger charge is -2.17. The maximum absolute atomic E-state index is 11.8. The van der Waals surface area contributed by atoms with Gasteiger partial charge in [-0.2, -0.15) is 13.2 Å². The Labute approximate surface area is 104 Å². The molecular formula is C11H19F3N2O2. The molecule has 0 spiro atoms. The first-order valence-electron chi connectivity index (χ1n) is 6.07. The fourth-order valence-corrected chi connectivity index (χ4v) is 2.26. The molecule has 7 heteroatoms. The van der Waals surface area contributed by atoms with E-state index >= 15 is 0 Å². The van der Waals surface area contributed by atoms with Crippen LogP contribution in [0.5, 0.6) is 0 Å². The van der Waals surface area contributed by atoms with Crippen molar-refractivity contribution in [2.45, 2.75) is 25.4 Å². The fourth-order valence-electron chi connectivity index (χ4n) is 2.26. The van der Waals surface area contributed by atoms with E-state index in [2.05, 4.69) is 5.32 Å². The number of hydrogen-bond donors (Lipinski definition) is 3. The van der Waals surface area contributed by atoms with Gasteiger partial charge < -0.3 is 15.7 Å². The van der Waals surface area contributed by atoms with Crippen LogP contribution in [0.4, 0.5) is 13.2 Å². The van der Waals surface area contributed by atoms with Gasteiger partial charge in [0.15, 0.2) is 0 Å². The molecule has 0 radical (unpaired) electrons. The topological polar surface area (TPSA) is 61.4 Å². The Morgan fingerprint density at radius 2 is 1.94 bits per heavy atom. The summed E-state index contributed by atoms with van der Waals surface area (Å²) in [4.78, 5) is 11.1. The summed E-state index contributed by atoms with van der Waals surface area (Å²) in [5, 5.41) is 13.7. The molecule has 0 heterocycles. The average Bonchev–Trinajstić information content (AvgIpc) is 2.73. The predicted octanol–water partition coefficient (Wildman–Crippen LogP) is 0.663. The highest BCUT2D eigenvalue weighted by molar-refractivity contribution is 5.77. The normalized spacial score (nSPS) is 24.2. The van der Waals surface area contributed by atoms with E-state index < -0.39 is 18.6 Å². The van der Waals surface area contributed by atoms with E-state index in [0.717, 1.165) is 19.3 Å². The van der Waals surface area contributed by atoms with Gasteiger partial charge in [-0.25, -0.2) is 0 Å². The summed E-state index contributed by atoms with van der Waals surface area (Å²) in [7, 11) is 0. The van der Waals surface area contributed by atoms with E-state index in [0.29, 0.717) is 12.5 Å².